The minimum absolute atomic E-state index is 0.0827. The van der Waals surface area contributed by atoms with Crippen LogP contribution in [0.25, 0.3) is 0 Å². The summed E-state index contributed by atoms with van der Waals surface area (Å²) in [6.07, 6.45) is 9.06. The summed E-state index contributed by atoms with van der Waals surface area (Å²) in [7, 11) is 0. The fourth-order valence-corrected chi connectivity index (χ4v) is 11.7. The largest absolute Gasteiger partial charge is 0.423 e. The van der Waals surface area contributed by atoms with Gasteiger partial charge >= 0.3 is 11.9 Å². The second-order valence-electron chi connectivity index (χ2n) is 16.7. The second-order valence-corrected chi connectivity index (χ2v) is 17.9. The van der Waals surface area contributed by atoms with Crippen molar-refractivity contribution in [3.63, 3.8) is 0 Å². The van der Waals surface area contributed by atoms with Crippen LogP contribution >= 0.6 is 11.8 Å². The maximum Gasteiger partial charge on any atom is 0.308 e. The van der Waals surface area contributed by atoms with Crippen molar-refractivity contribution in [3.05, 3.63) is 58.7 Å². The van der Waals surface area contributed by atoms with Crippen molar-refractivity contribution >= 4 is 41.2 Å². The quantitative estimate of drug-likeness (QED) is 0.175. The molecule has 2 amide bonds. The van der Waals surface area contributed by atoms with E-state index in [4.69, 9.17) is 15.2 Å². The van der Waals surface area contributed by atoms with Crippen molar-refractivity contribution in [2.24, 2.45) is 33.3 Å². The number of hydrogen-bond donors (Lipinski definition) is 2. The average Bonchev–Trinajstić information content (AvgIpc) is 3.02. The lowest BCUT2D eigenvalue weighted by molar-refractivity contribution is -0.166. The molecule has 9 heteroatoms. The van der Waals surface area contributed by atoms with E-state index in [1.54, 1.807) is 11.8 Å². The molecule has 2 aromatic carbocycles. The number of esters is 2. The predicted molar refractivity (Wildman–Crippen MR) is 196 cm³/mol. The van der Waals surface area contributed by atoms with Gasteiger partial charge in [-0.3, -0.25) is 19.2 Å². The Labute approximate surface area is 300 Å². The maximum atomic E-state index is 12.9. The van der Waals surface area contributed by atoms with E-state index in [9.17, 15) is 19.2 Å². The number of allylic oxidation sites excluding steroid dienone is 1. The highest BCUT2D eigenvalue weighted by atomic mass is 32.2. The van der Waals surface area contributed by atoms with E-state index in [0.717, 1.165) is 72.2 Å². The van der Waals surface area contributed by atoms with Gasteiger partial charge in [0.1, 0.15) is 0 Å². The summed E-state index contributed by atoms with van der Waals surface area (Å²) < 4.78 is 11.5. The van der Waals surface area contributed by atoms with E-state index in [1.165, 1.54) is 26.3 Å². The monoisotopic (exact) mass is 700 g/mol. The summed E-state index contributed by atoms with van der Waals surface area (Å²) in [5, 5.41) is 2.71. The van der Waals surface area contributed by atoms with Crippen LogP contribution in [0.1, 0.15) is 122 Å². The number of carbonyl (C=O) groups is 4. The molecule has 2 aromatic rings. The van der Waals surface area contributed by atoms with Gasteiger partial charge in [0.15, 0.2) is 11.5 Å². The highest BCUT2D eigenvalue weighted by molar-refractivity contribution is 7.99. The highest BCUT2D eigenvalue weighted by Crippen LogP contribution is 2.75. The standard InChI is InChI=1S/C41H52N2O6S/c1-23-34-29(20-30(48-25(3)45)35(23)49-26(4)46)39(7)17-19-41(9)33-22-38(6,36(42)47)15-14-37(33,5)16-18-40(41,8)32(39)21-31(34)50-28-12-10-27(11-13-28)43-24(2)44/h10-13,20-21,31,33H,14-19,22H2,1-9H3,(H2,42,47)(H,43,44)/t31?,33-,37-,38-,39+,40-,41+/m1/s1. The Morgan fingerprint density at radius 2 is 1.50 bits per heavy atom. The number of nitrogens with one attached hydrogen (secondary N) is 1. The van der Waals surface area contributed by atoms with Gasteiger partial charge in [-0.05, 0) is 115 Å². The smallest absolute Gasteiger partial charge is 0.308 e. The molecule has 0 bridgehead atoms. The number of amides is 2. The van der Waals surface area contributed by atoms with Gasteiger partial charge in [0.2, 0.25) is 11.8 Å². The van der Waals surface area contributed by atoms with Gasteiger partial charge in [-0.1, -0.05) is 46.3 Å². The summed E-state index contributed by atoms with van der Waals surface area (Å²) >= 11 is 1.71. The van der Waals surface area contributed by atoms with Crippen LogP contribution in [0.2, 0.25) is 0 Å². The number of primary amides is 1. The zero-order valence-electron chi connectivity index (χ0n) is 31.0. The Balaban J connectivity index is 1.54. The summed E-state index contributed by atoms with van der Waals surface area (Å²) in [6, 6.07) is 9.80. The number of anilines is 1. The number of rotatable bonds is 6. The van der Waals surface area contributed by atoms with Gasteiger partial charge in [-0.25, -0.2) is 0 Å². The van der Waals surface area contributed by atoms with Crippen LogP contribution < -0.4 is 20.5 Å². The molecular formula is C41H52N2O6S. The molecule has 268 valence electrons. The number of fused-ring (bicyclic) bond motifs is 7. The topological polar surface area (TPSA) is 125 Å². The average molecular weight is 701 g/mol. The molecule has 0 aliphatic heterocycles. The third kappa shape index (κ3) is 5.68. The normalized spacial score (nSPS) is 34.1. The Kier molecular flexibility index (Phi) is 8.89. The lowest BCUT2D eigenvalue weighted by Gasteiger charge is -2.70. The first-order valence-electron chi connectivity index (χ1n) is 17.9. The first kappa shape index (κ1) is 36.2. The molecule has 0 heterocycles. The molecule has 3 saturated carbocycles. The van der Waals surface area contributed by atoms with E-state index >= 15 is 0 Å². The van der Waals surface area contributed by atoms with E-state index in [-0.39, 0.29) is 50.2 Å². The minimum atomic E-state index is -0.523. The first-order valence-corrected chi connectivity index (χ1v) is 18.8. The number of thioether (sulfide) groups is 1. The van der Waals surface area contributed by atoms with Gasteiger partial charge < -0.3 is 20.5 Å². The minimum Gasteiger partial charge on any atom is -0.423 e. The fraction of sp³-hybridized carbons (Fsp3) is 0.561. The van der Waals surface area contributed by atoms with Crippen LogP contribution in [0.3, 0.4) is 0 Å². The fourth-order valence-electron chi connectivity index (χ4n) is 10.5. The van der Waals surface area contributed by atoms with Crippen LogP contribution in [0.5, 0.6) is 11.5 Å². The van der Waals surface area contributed by atoms with Crippen molar-refractivity contribution in [1.82, 2.24) is 0 Å². The molecule has 7 atom stereocenters. The van der Waals surface area contributed by atoms with Crippen molar-refractivity contribution < 1.29 is 28.7 Å². The van der Waals surface area contributed by atoms with Crippen molar-refractivity contribution in [3.8, 4) is 11.5 Å². The summed E-state index contributed by atoms with van der Waals surface area (Å²) in [5.74, 6) is -0.438. The zero-order valence-corrected chi connectivity index (χ0v) is 31.8. The molecule has 6 rings (SSSR count). The third-order valence-corrected chi connectivity index (χ3v) is 14.7. The van der Waals surface area contributed by atoms with Gasteiger partial charge in [0.25, 0.3) is 0 Å². The van der Waals surface area contributed by atoms with Crippen LogP contribution in [-0.4, -0.2) is 23.8 Å². The van der Waals surface area contributed by atoms with Gasteiger partial charge in [0.05, 0.1) is 5.25 Å². The van der Waals surface area contributed by atoms with Crippen molar-refractivity contribution in [2.45, 2.75) is 123 Å². The number of ether oxygens (including phenoxy) is 2. The highest BCUT2D eigenvalue weighted by Gasteiger charge is 2.67. The predicted octanol–water partition coefficient (Wildman–Crippen LogP) is 8.73. The Morgan fingerprint density at radius 1 is 0.860 bits per heavy atom. The van der Waals surface area contributed by atoms with Crippen LogP contribution in [0.15, 0.2) is 46.9 Å². The number of hydrogen-bond acceptors (Lipinski definition) is 7. The van der Waals surface area contributed by atoms with Gasteiger partial charge in [0, 0.05) is 47.7 Å². The second kappa shape index (κ2) is 12.3. The molecule has 3 N–H and O–H groups in total. The molecule has 1 unspecified atom stereocenters. The molecule has 0 spiro atoms. The number of carbonyl (C=O) groups excluding carboxylic acids is 4. The first-order chi connectivity index (χ1) is 23.3. The SMILES string of the molecule is CC(=O)Nc1ccc(SC2C=C3[C@@](C)(CC[C@@]4(C)[C@@H]5C[C@](C)(C(N)=O)CC[C@]5(C)CC[C@]34C)c3cc(OC(C)=O)c(OC(C)=O)c(C)c32)cc1. The molecule has 4 aliphatic carbocycles. The zero-order chi connectivity index (χ0) is 36.6. The molecule has 0 saturated heterocycles. The van der Waals surface area contributed by atoms with E-state index in [1.807, 2.05) is 37.3 Å². The van der Waals surface area contributed by atoms with Crippen molar-refractivity contribution in [1.29, 1.82) is 0 Å². The van der Waals surface area contributed by atoms with Gasteiger partial charge in [-0.15, -0.1) is 11.8 Å². The molecular weight excluding hydrogens is 649 g/mol. The van der Waals surface area contributed by atoms with Crippen molar-refractivity contribution in [2.75, 3.05) is 5.32 Å². The Hall–Kier alpha value is -3.59. The molecule has 0 aromatic heterocycles. The summed E-state index contributed by atoms with van der Waals surface area (Å²) in [6.45, 7) is 17.9. The van der Waals surface area contributed by atoms with E-state index in [2.05, 4.69) is 46.0 Å². The van der Waals surface area contributed by atoms with Crippen LogP contribution in [-0.2, 0) is 24.6 Å². The Morgan fingerprint density at radius 3 is 2.10 bits per heavy atom. The molecule has 3 fully saturated rings. The maximum absolute atomic E-state index is 12.9. The summed E-state index contributed by atoms with van der Waals surface area (Å²) in [4.78, 5) is 50.3. The molecule has 8 nitrogen and oxygen atoms in total. The van der Waals surface area contributed by atoms with Crippen LogP contribution in [0, 0.1) is 34.5 Å². The molecule has 50 heavy (non-hydrogen) atoms. The van der Waals surface area contributed by atoms with E-state index in [0.29, 0.717) is 5.92 Å². The molecule has 0 radical (unpaired) electrons. The molecule has 4 aliphatic rings. The lowest BCUT2D eigenvalue weighted by Crippen LogP contribution is -2.63. The number of nitrogens with two attached hydrogens (primary N) is 1. The van der Waals surface area contributed by atoms with Gasteiger partial charge in [-0.2, -0.15) is 0 Å². The lowest BCUT2D eigenvalue weighted by atomic mass is 9.34. The Bertz CT molecular complexity index is 1820. The van der Waals surface area contributed by atoms with E-state index < -0.39 is 17.4 Å². The third-order valence-electron chi connectivity index (χ3n) is 13.6. The number of benzene rings is 2. The summed E-state index contributed by atoms with van der Waals surface area (Å²) in [5.41, 5.74) is 10.1. The van der Waals surface area contributed by atoms with Crippen LogP contribution in [0.4, 0.5) is 5.69 Å².